The molecule has 2 aromatic carbocycles. The van der Waals surface area contributed by atoms with Crippen molar-refractivity contribution in [3.05, 3.63) is 59.3 Å². The standard InChI is InChI=1S/C27H31N5O4/c33-26(31-13-11-30(12-14-31)16-19-5-6-24-25(15-19)36-18-35-24)7-9-28-27(34)32-10-8-21-20-3-1-2-4-22(20)29-23(21)17-32/h1-6,15,29H,7-14,16-18H2,(H,28,34). The van der Waals surface area contributed by atoms with Crippen LogP contribution in [0.3, 0.4) is 0 Å². The maximum Gasteiger partial charge on any atom is 0.317 e. The summed E-state index contributed by atoms with van der Waals surface area (Å²) in [5.41, 5.74) is 4.71. The molecule has 3 aliphatic rings. The third kappa shape index (κ3) is 4.58. The highest BCUT2D eigenvalue weighted by molar-refractivity contribution is 5.85. The topological polar surface area (TPSA) is 90.1 Å². The van der Waals surface area contributed by atoms with E-state index in [1.54, 1.807) is 0 Å². The fraction of sp³-hybridized carbons (Fsp3) is 0.407. The van der Waals surface area contributed by atoms with E-state index in [9.17, 15) is 9.59 Å². The first-order valence-electron chi connectivity index (χ1n) is 12.6. The number of urea groups is 1. The maximum atomic E-state index is 12.7. The number of aromatic amines is 1. The summed E-state index contributed by atoms with van der Waals surface area (Å²) in [5.74, 6) is 1.69. The second-order valence-electron chi connectivity index (χ2n) is 9.63. The van der Waals surface area contributed by atoms with Gasteiger partial charge in [-0.25, -0.2) is 4.79 Å². The molecule has 1 aromatic heterocycles. The molecule has 3 aromatic rings. The summed E-state index contributed by atoms with van der Waals surface area (Å²) in [6.45, 7) is 5.76. The van der Waals surface area contributed by atoms with Crippen LogP contribution in [0, 0.1) is 0 Å². The molecule has 1 fully saturated rings. The van der Waals surface area contributed by atoms with Gasteiger partial charge in [0.05, 0.1) is 6.54 Å². The van der Waals surface area contributed by atoms with Crippen LogP contribution in [0.25, 0.3) is 10.9 Å². The molecule has 9 nitrogen and oxygen atoms in total. The Hall–Kier alpha value is -3.72. The van der Waals surface area contributed by atoms with Crippen molar-refractivity contribution in [2.75, 3.05) is 46.1 Å². The first kappa shape index (κ1) is 22.7. The molecule has 0 spiro atoms. The van der Waals surface area contributed by atoms with Gasteiger partial charge < -0.3 is 29.6 Å². The van der Waals surface area contributed by atoms with Gasteiger partial charge in [0.1, 0.15) is 0 Å². The number of benzene rings is 2. The number of carbonyl (C=O) groups is 2. The van der Waals surface area contributed by atoms with Crippen molar-refractivity contribution in [3.8, 4) is 11.5 Å². The number of piperazine rings is 1. The van der Waals surface area contributed by atoms with E-state index in [4.69, 9.17) is 9.47 Å². The van der Waals surface area contributed by atoms with Crippen LogP contribution in [0.15, 0.2) is 42.5 Å². The third-order valence-corrected chi connectivity index (χ3v) is 7.35. The summed E-state index contributed by atoms with van der Waals surface area (Å²) in [6.07, 6.45) is 1.15. The van der Waals surface area contributed by atoms with Crippen LogP contribution in [0.4, 0.5) is 4.79 Å². The van der Waals surface area contributed by atoms with Gasteiger partial charge in [0, 0.05) is 68.8 Å². The molecule has 9 heteroatoms. The largest absolute Gasteiger partial charge is 0.454 e. The number of nitrogens with one attached hydrogen (secondary N) is 2. The molecule has 3 amide bonds. The normalized spacial score (nSPS) is 17.3. The molecule has 0 atom stereocenters. The van der Waals surface area contributed by atoms with Crippen LogP contribution in [-0.4, -0.2) is 77.7 Å². The van der Waals surface area contributed by atoms with Crippen LogP contribution in [0.2, 0.25) is 0 Å². The summed E-state index contributed by atoms with van der Waals surface area (Å²) in [4.78, 5) is 35.0. The van der Waals surface area contributed by atoms with Gasteiger partial charge >= 0.3 is 6.03 Å². The molecule has 0 unspecified atom stereocenters. The molecule has 2 N–H and O–H groups in total. The lowest BCUT2D eigenvalue weighted by Gasteiger charge is -2.35. The number of hydrogen-bond acceptors (Lipinski definition) is 5. The first-order chi connectivity index (χ1) is 17.6. The van der Waals surface area contributed by atoms with Crippen molar-refractivity contribution in [2.45, 2.75) is 25.9 Å². The lowest BCUT2D eigenvalue weighted by Crippen LogP contribution is -2.49. The molecule has 188 valence electrons. The highest BCUT2D eigenvalue weighted by Crippen LogP contribution is 2.33. The molecule has 0 saturated carbocycles. The predicted octanol–water partition coefficient (Wildman–Crippen LogP) is 2.70. The van der Waals surface area contributed by atoms with E-state index in [2.05, 4.69) is 33.4 Å². The summed E-state index contributed by atoms with van der Waals surface area (Å²) >= 11 is 0. The van der Waals surface area contributed by atoms with Gasteiger partial charge in [-0.2, -0.15) is 0 Å². The van der Waals surface area contributed by atoms with Gasteiger partial charge in [-0.1, -0.05) is 24.3 Å². The van der Waals surface area contributed by atoms with Crippen LogP contribution < -0.4 is 14.8 Å². The number of hydrogen-bond donors (Lipinski definition) is 2. The molecule has 4 heterocycles. The Morgan fingerprint density at radius 1 is 0.944 bits per heavy atom. The SMILES string of the molecule is O=C(CCNC(=O)N1CCc2c([nH]c3ccccc23)C1)N1CCN(Cc2ccc3c(c2)OCO3)CC1. The van der Waals surface area contributed by atoms with Gasteiger partial charge in [-0.05, 0) is 35.7 Å². The van der Waals surface area contributed by atoms with E-state index in [0.717, 1.165) is 48.8 Å². The number of carbonyl (C=O) groups excluding carboxylic acids is 2. The fourth-order valence-corrected chi connectivity index (χ4v) is 5.37. The van der Waals surface area contributed by atoms with Crippen LogP contribution >= 0.6 is 0 Å². The summed E-state index contributed by atoms with van der Waals surface area (Å²) in [7, 11) is 0. The quantitative estimate of drug-likeness (QED) is 0.575. The molecule has 1 saturated heterocycles. The number of ether oxygens (including phenoxy) is 2. The number of nitrogens with zero attached hydrogens (tertiary/aromatic N) is 3. The van der Waals surface area contributed by atoms with Gasteiger partial charge in [-0.3, -0.25) is 9.69 Å². The fourth-order valence-electron chi connectivity index (χ4n) is 5.37. The Balaban J connectivity index is 0.932. The van der Waals surface area contributed by atoms with E-state index >= 15 is 0 Å². The number of amides is 3. The molecule has 0 bridgehead atoms. The Bertz CT molecular complexity index is 1280. The molecular formula is C27H31N5O4. The number of para-hydroxylation sites is 1. The number of aromatic nitrogens is 1. The van der Waals surface area contributed by atoms with Crippen molar-refractivity contribution >= 4 is 22.8 Å². The zero-order valence-electron chi connectivity index (χ0n) is 20.3. The van der Waals surface area contributed by atoms with E-state index in [-0.39, 0.29) is 18.7 Å². The summed E-state index contributed by atoms with van der Waals surface area (Å²) < 4.78 is 10.8. The highest BCUT2D eigenvalue weighted by atomic mass is 16.7. The van der Waals surface area contributed by atoms with E-state index in [1.807, 2.05) is 34.1 Å². The summed E-state index contributed by atoms with van der Waals surface area (Å²) in [6, 6.07) is 14.2. The summed E-state index contributed by atoms with van der Waals surface area (Å²) in [5, 5.41) is 4.19. The Kier molecular flexibility index (Phi) is 6.14. The molecule has 3 aliphatic heterocycles. The molecule has 36 heavy (non-hydrogen) atoms. The van der Waals surface area contributed by atoms with Crippen LogP contribution in [0.1, 0.15) is 23.2 Å². The van der Waals surface area contributed by atoms with E-state index in [1.165, 1.54) is 16.5 Å². The number of H-pyrrole nitrogens is 1. The smallest absolute Gasteiger partial charge is 0.317 e. The maximum absolute atomic E-state index is 12.7. The van der Waals surface area contributed by atoms with Crippen molar-refractivity contribution in [3.63, 3.8) is 0 Å². The second-order valence-corrected chi connectivity index (χ2v) is 9.63. The minimum atomic E-state index is -0.111. The van der Waals surface area contributed by atoms with Crippen molar-refractivity contribution in [1.29, 1.82) is 0 Å². The zero-order chi connectivity index (χ0) is 24.5. The van der Waals surface area contributed by atoms with E-state index in [0.29, 0.717) is 39.1 Å². The molecular weight excluding hydrogens is 458 g/mol. The lowest BCUT2D eigenvalue weighted by atomic mass is 10.0. The number of fused-ring (bicyclic) bond motifs is 4. The Morgan fingerprint density at radius 2 is 1.78 bits per heavy atom. The van der Waals surface area contributed by atoms with Crippen molar-refractivity contribution < 1.29 is 19.1 Å². The Morgan fingerprint density at radius 3 is 2.67 bits per heavy atom. The first-order valence-corrected chi connectivity index (χ1v) is 12.6. The van der Waals surface area contributed by atoms with Gasteiger partial charge in [-0.15, -0.1) is 0 Å². The number of rotatable bonds is 5. The minimum absolute atomic E-state index is 0.0922. The molecule has 0 aliphatic carbocycles. The minimum Gasteiger partial charge on any atom is -0.454 e. The van der Waals surface area contributed by atoms with Crippen LogP contribution in [0.5, 0.6) is 11.5 Å². The predicted molar refractivity (Wildman–Crippen MR) is 135 cm³/mol. The molecule has 0 radical (unpaired) electrons. The van der Waals surface area contributed by atoms with Crippen molar-refractivity contribution in [2.24, 2.45) is 0 Å². The second kappa shape index (κ2) is 9.73. The average molecular weight is 490 g/mol. The van der Waals surface area contributed by atoms with Gasteiger partial charge in [0.2, 0.25) is 12.7 Å². The third-order valence-electron chi connectivity index (χ3n) is 7.35. The average Bonchev–Trinajstić information content (AvgIpc) is 3.52. The van der Waals surface area contributed by atoms with Crippen molar-refractivity contribution in [1.82, 2.24) is 25.0 Å². The van der Waals surface area contributed by atoms with Crippen LogP contribution in [-0.2, 0) is 24.3 Å². The lowest BCUT2D eigenvalue weighted by molar-refractivity contribution is -0.132. The zero-order valence-corrected chi connectivity index (χ0v) is 20.3. The molecule has 6 rings (SSSR count). The van der Waals surface area contributed by atoms with Gasteiger partial charge in [0.25, 0.3) is 0 Å². The highest BCUT2D eigenvalue weighted by Gasteiger charge is 2.25. The van der Waals surface area contributed by atoms with E-state index < -0.39 is 0 Å². The Labute approximate surface area is 209 Å². The monoisotopic (exact) mass is 489 g/mol. The van der Waals surface area contributed by atoms with Gasteiger partial charge in [0.15, 0.2) is 11.5 Å².